The van der Waals surface area contributed by atoms with Gasteiger partial charge in [-0.15, -0.1) is 0 Å². The lowest BCUT2D eigenvalue weighted by atomic mass is 9.86. The van der Waals surface area contributed by atoms with Crippen molar-refractivity contribution in [2.45, 2.75) is 18.8 Å². The van der Waals surface area contributed by atoms with Crippen molar-refractivity contribution in [1.82, 2.24) is 9.88 Å². The van der Waals surface area contributed by atoms with Crippen molar-refractivity contribution in [1.29, 1.82) is 0 Å². The van der Waals surface area contributed by atoms with Crippen LogP contribution in [0.25, 0.3) is 11.8 Å². The van der Waals surface area contributed by atoms with E-state index in [9.17, 15) is 9.90 Å². The molecule has 2 aromatic rings. The second kappa shape index (κ2) is 7.15. The number of hydrogen-bond donors (Lipinski definition) is 4. The third-order valence-electron chi connectivity index (χ3n) is 5.08. The summed E-state index contributed by atoms with van der Waals surface area (Å²) in [6.07, 6.45) is 3.88. The van der Waals surface area contributed by atoms with Gasteiger partial charge in [-0.05, 0) is 46.6 Å². The highest BCUT2D eigenvalue weighted by atomic mass is 79.9. The van der Waals surface area contributed by atoms with Gasteiger partial charge in [0, 0.05) is 45.5 Å². The molecule has 7 heteroatoms. The van der Waals surface area contributed by atoms with Crippen LogP contribution in [0.4, 0.5) is 5.82 Å². The molecule has 0 aliphatic carbocycles. The summed E-state index contributed by atoms with van der Waals surface area (Å²) in [5.41, 5.74) is 14.7. The van der Waals surface area contributed by atoms with Gasteiger partial charge < -0.3 is 26.5 Å². The van der Waals surface area contributed by atoms with Crippen molar-refractivity contribution in [2.75, 3.05) is 18.8 Å². The maximum absolute atomic E-state index is 11.9. The van der Waals surface area contributed by atoms with Gasteiger partial charge in [0.05, 0.1) is 0 Å². The number of phenolic OH excluding ortho intramolecular Hbond substituents is 1. The largest absolute Gasteiger partial charge is 0.507 e. The summed E-state index contributed by atoms with van der Waals surface area (Å²) in [5.74, 6) is 0.515. The first-order valence-electron chi connectivity index (χ1n) is 8.61. The standard InChI is InChI=1S/C20H23BrN4O2/c1-3-16(27)25-9-8-20(2,11-25)18-17(21)13(19(23)24-18)10-14(22)12-6-4-5-7-15(12)26/h3-7,10,24,26H,1,8-9,11,22-23H2,2H3/b14-10-. The fourth-order valence-corrected chi connectivity index (χ4v) is 4.41. The molecule has 142 valence electrons. The number of rotatable bonds is 4. The minimum atomic E-state index is -0.263. The van der Waals surface area contributed by atoms with E-state index in [1.54, 1.807) is 29.2 Å². The third-order valence-corrected chi connectivity index (χ3v) is 5.91. The Morgan fingerprint density at radius 1 is 1.44 bits per heavy atom. The number of nitrogens with zero attached hydrogens (tertiary/aromatic N) is 1. The van der Waals surface area contributed by atoms with Gasteiger partial charge >= 0.3 is 0 Å². The number of H-pyrrole nitrogens is 1. The Bertz CT molecular complexity index is 934. The lowest BCUT2D eigenvalue weighted by Crippen LogP contribution is -2.32. The van der Waals surface area contributed by atoms with Gasteiger partial charge in [-0.1, -0.05) is 25.6 Å². The van der Waals surface area contributed by atoms with Crippen molar-refractivity contribution in [3.63, 3.8) is 0 Å². The molecule has 6 N–H and O–H groups in total. The lowest BCUT2D eigenvalue weighted by Gasteiger charge is -2.24. The molecule has 0 saturated carbocycles. The number of likely N-dealkylation sites (tertiary alicyclic amines) is 1. The predicted octanol–water partition coefficient (Wildman–Crippen LogP) is 3.20. The van der Waals surface area contributed by atoms with Crippen LogP contribution in [0.5, 0.6) is 5.75 Å². The minimum absolute atomic E-state index is 0.0710. The van der Waals surface area contributed by atoms with E-state index in [-0.39, 0.29) is 17.1 Å². The van der Waals surface area contributed by atoms with Crippen molar-refractivity contribution < 1.29 is 9.90 Å². The molecule has 1 unspecified atom stereocenters. The van der Waals surface area contributed by atoms with Crippen LogP contribution in [-0.2, 0) is 10.2 Å². The molecule has 1 saturated heterocycles. The molecule has 1 atom stereocenters. The van der Waals surface area contributed by atoms with Gasteiger partial charge in [0.2, 0.25) is 5.91 Å². The zero-order valence-corrected chi connectivity index (χ0v) is 16.7. The first-order valence-corrected chi connectivity index (χ1v) is 9.40. The Hall–Kier alpha value is -2.67. The highest BCUT2D eigenvalue weighted by Crippen LogP contribution is 2.42. The topological polar surface area (TPSA) is 108 Å². The first kappa shape index (κ1) is 19.1. The monoisotopic (exact) mass is 430 g/mol. The molecule has 6 nitrogen and oxygen atoms in total. The Balaban J connectivity index is 1.96. The van der Waals surface area contributed by atoms with Crippen LogP contribution in [0.1, 0.15) is 30.2 Å². The van der Waals surface area contributed by atoms with Crippen molar-refractivity contribution in [3.05, 3.63) is 58.2 Å². The molecule has 1 aromatic carbocycles. The Kier molecular flexibility index (Phi) is 5.06. The number of hydrogen-bond acceptors (Lipinski definition) is 4. The molecule has 1 amide bonds. The van der Waals surface area contributed by atoms with Gasteiger partial charge in [0.1, 0.15) is 11.6 Å². The highest BCUT2D eigenvalue weighted by Gasteiger charge is 2.40. The molecule has 1 aromatic heterocycles. The van der Waals surface area contributed by atoms with Gasteiger partial charge in [-0.25, -0.2) is 0 Å². The quantitative estimate of drug-likeness (QED) is 0.558. The number of aromatic amines is 1. The Labute approximate surface area is 166 Å². The number of amides is 1. The molecule has 0 bridgehead atoms. The summed E-state index contributed by atoms with van der Waals surface area (Å²) in [5, 5.41) is 10.0. The van der Waals surface area contributed by atoms with Crippen LogP contribution < -0.4 is 11.5 Å². The fraction of sp³-hybridized carbons (Fsp3) is 0.250. The van der Waals surface area contributed by atoms with E-state index in [2.05, 4.69) is 34.4 Å². The number of aromatic hydroxyl groups is 1. The first-order chi connectivity index (χ1) is 12.8. The summed E-state index contributed by atoms with van der Waals surface area (Å²) in [7, 11) is 0. The number of halogens is 1. The minimum Gasteiger partial charge on any atom is -0.507 e. The zero-order chi connectivity index (χ0) is 19.8. The molecule has 1 aliphatic heterocycles. The molecule has 3 rings (SSSR count). The summed E-state index contributed by atoms with van der Waals surface area (Å²) in [4.78, 5) is 17.0. The van der Waals surface area contributed by atoms with E-state index in [0.29, 0.717) is 30.2 Å². The normalized spacial score (nSPS) is 20.1. The van der Waals surface area contributed by atoms with Crippen molar-refractivity contribution in [2.24, 2.45) is 5.73 Å². The average Bonchev–Trinajstić information content (AvgIpc) is 3.17. The number of carbonyl (C=O) groups excluding carboxylic acids is 1. The number of aromatic nitrogens is 1. The van der Waals surface area contributed by atoms with E-state index < -0.39 is 0 Å². The molecule has 2 heterocycles. The lowest BCUT2D eigenvalue weighted by molar-refractivity contribution is -0.125. The number of nitrogens with one attached hydrogen (secondary N) is 1. The van der Waals surface area contributed by atoms with Crippen molar-refractivity contribution >= 4 is 39.4 Å². The van der Waals surface area contributed by atoms with Gasteiger partial charge in [0.25, 0.3) is 0 Å². The smallest absolute Gasteiger partial charge is 0.245 e. The van der Waals surface area contributed by atoms with Crippen LogP contribution in [-0.4, -0.2) is 34.0 Å². The van der Waals surface area contributed by atoms with E-state index >= 15 is 0 Å². The van der Waals surface area contributed by atoms with Gasteiger partial charge in [-0.2, -0.15) is 0 Å². The molecule has 27 heavy (non-hydrogen) atoms. The summed E-state index contributed by atoms with van der Waals surface area (Å²) >= 11 is 3.64. The third kappa shape index (κ3) is 3.47. The van der Waals surface area contributed by atoms with Crippen LogP contribution in [0.3, 0.4) is 0 Å². The molecule has 1 fully saturated rings. The maximum atomic E-state index is 11.9. The molecular weight excluding hydrogens is 408 g/mol. The summed E-state index contributed by atoms with van der Waals surface area (Å²) < 4.78 is 0.814. The number of carbonyl (C=O) groups is 1. The Morgan fingerprint density at radius 2 is 2.15 bits per heavy atom. The van der Waals surface area contributed by atoms with Crippen LogP contribution >= 0.6 is 15.9 Å². The number of para-hydroxylation sites is 1. The molecule has 1 aliphatic rings. The van der Waals surface area contributed by atoms with Gasteiger partial charge in [-0.3, -0.25) is 4.79 Å². The summed E-state index contributed by atoms with van der Waals surface area (Å²) in [6.45, 7) is 6.90. The predicted molar refractivity (Wildman–Crippen MR) is 112 cm³/mol. The molecule has 0 radical (unpaired) electrons. The van der Waals surface area contributed by atoms with Crippen LogP contribution in [0.15, 0.2) is 41.4 Å². The number of phenols is 1. The fourth-order valence-electron chi connectivity index (χ4n) is 3.50. The number of nitrogen functional groups attached to an aromatic ring is 1. The van der Waals surface area contributed by atoms with Crippen molar-refractivity contribution in [3.8, 4) is 5.75 Å². The van der Waals surface area contributed by atoms with E-state index in [0.717, 1.165) is 22.2 Å². The van der Waals surface area contributed by atoms with E-state index in [1.807, 2.05) is 6.07 Å². The zero-order valence-electron chi connectivity index (χ0n) is 15.1. The van der Waals surface area contributed by atoms with E-state index in [4.69, 9.17) is 11.5 Å². The molecular formula is C20H23BrN4O2. The highest BCUT2D eigenvalue weighted by molar-refractivity contribution is 9.10. The van der Waals surface area contributed by atoms with E-state index in [1.165, 1.54) is 6.08 Å². The Morgan fingerprint density at radius 3 is 2.81 bits per heavy atom. The molecule has 0 spiro atoms. The van der Waals surface area contributed by atoms with Crippen LogP contribution in [0, 0.1) is 0 Å². The summed E-state index contributed by atoms with van der Waals surface area (Å²) in [6, 6.07) is 6.88. The SMILES string of the molecule is C=CC(=O)N1CCC(C)(c2[nH]c(N)c(/C=C(\N)c3ccccc3O)c2Br)C1. The second-order valence-electron chi connectivity index (χ2n) is 7.03. The second-order valence-corrected chi connectivity index (χ2v) is 7.83. The van der Waals surface area contributed by atoms with Crippen LogP contribution in [0.2, 0.25) is 0 Å². The van der Waals surface area contributed by atoms with Gasteiger partial charge in [0.15, 0.2) is 0 Å². The average molecular weight is 431 g/mol. The number of anilines is 1. The maximum Gasteiger partial charge on any atom is 0.245 e. The number of nitrogens with two attached hydrogens (primary N) is 2. The number of benzene rings is 1.